The van der Waals surface area contributed by atoms with Gasteiger partial charge in [0, 0.05) is 38.1 Å². The molecule has 0 unspecified atom stereocenters. The summed E-state index contributed by atoms with van der Waals surface area (Å²) in [5, 5.41) is 0. The van der Waals surface area contributed by atoms with Crippen LogP contribution < -0.4 is 0 Å². The fourth-order valence-corrected chi connectivity index (χ4v) is 3.94. The van der Waals surface area contributed by atoms with Gasteiger partial charge in [0.05, 0.1) is 23.9 Å². The van der Waals surface area contributed by atoms with Crippen molar-refractivity contribution in [3.63, 3.8) is 0 Å². The van der Waals surface area contributed by atoms with E-state index in [4.69, 9.17) is 4.98 Å². The monoisotopic (exact) mass is 405 g/mol. The highest BCUT2D eigenvalue weighted by Gasteiger charge is 2.16. The third-order valence-corrected chi connectivity index (χ3v) is 5.32. The topological polar surface area (TPSA) is 38.9 Å². The maximum Gasteiger partial charge on any atom is 0.124 e. The van der Waals surface area contributed by atoms with Gasteiger partial charge in [-0.15, -0.1) is 0 Å². The smallest absolute Gasteiger partial charge is 0.124 e. The van der Waals surface area contributed by atoms with Crippen LogP contribution in [-0.4, -0.2) is 30.5 Å². The second kappa shape index (κ2) is 9.22. The van der Waals surface area contributed by atoms with Crippen LogP contribution in [0.1, 0.15) is 37.7 Å². The van der Waals surface area contributed by atoms with E-state index in [2.05, 4.69) is 51.1 Å². The van der Waals surface area contributed by atoms with Crippen molar-refractivity contribution in [2.75, 3.05) is 6.54 Å². The lowest BCUT2D eigenvalue weighted by atomic mass is 10.2. The van der Waals surface area contributed by atoms with Crippen LogP contribution in [0.4, 0.5) is 4.39 Å². The van der Waals surface area contributed by atoms with Crippen molar-refractivity contribution in [1.82, 2.24) is 24.0 Å². The molecule has 30 heavy (non-hydrogen) atoms. The molecule has 0 aliphatic carbocycles. The molecule has 0 bridgehead atoms. The molecule has 0 saturated carbocycles. The number of rotatable bonds is 9. The van der Waals surface area contributed by atoms with Gasteiger partial charge in [0.15, 0.2) is 0 Å². The Kier molecular flexibility index (Phi) is 6.23. The summed E-state index contributed by atoms with van der Waals surface area (Å²) in [4.78, 5) is 11.4. The van der Waals surface area contributed by atoms with E-state index in [1.54, 1.807) is 6.20 Å². The highest BCUT2D eigenvalue weighted by Crippen LogP contribution is 2.22. The molecule has 4 aromatic rings. The first kappa shape index (κ1) is 20.3. The first-order chi connectivity index (χ1) is 14.6. The van der Waals surface area contributed by atoms with Crippen LogP contribution in [0, 0.1) is 5.82 Å². The van der Waals surface area contributed by atoms with E-state index in [1.165, 1.54) is 17.6 Å². The van der Waals surface area contributed by atoms with E-state index in [1.807, 2.05) is 30.7 Å². The molecule has 0 radical (unpaired) electrons. The molecule has 2 heterocycles. The van der Waals surface area contributed by atoms with Crippen molar-refractivity contribution in [3.05, 3.63) is 84.5 Å². The van der Waals surface area contributed by atoms with Crippen LogP contribution in [0.15, 0.2) is 67.3 Å². The van der Waals surface area contributed by atoms with Crippen molar-refractivity contribution in [2.24, 2.45) is 0 Å². The van der Waals surface area contributed by atoms with E-state index >= 15 is 0 Å². The van der Waals surface area contributed by atoms with Crippen LogP contribution in [0.3, 0.4) is 0 Å². The third-order valence-electron chi connectivity index (χ3n) is 5.32. The highest BCUT2D eigenvalue weighted by molar-refractivity contribution is 5.76. The molecule has 0 N–H and O–H groups in total. The van der Waals surface area contributed by atoms with Crippen LogP contribution in [-0.2, 0) is 19.6 Å². The maximum absolute atomic E-state index is 13.4. The number of aromatic nitrogens is 4. The summed E-state index contributed by atoms with van der Waals surface area (Å²) in [5.74, 6) is 0.864. The number of halogens is 1. The molecule has 5 nitrogen and oxygen atoms in total. The number of hydrogen-bond donors (Lipinski definition) is 0. The summed E-state index contributed by atoms with van der Waals surface area (Å²) in [6.45, 7) is 7.72. The second-order valence-corrected chi connectivity index (χ2v) is 7.97. The lowest BCUT2D eigenvalue weighted by Gasteiger charge is -2.24. The van der Waals surface area contributed by atoms with Gasteiger partial charge in [0.1, 0.15) is 11.6 Å². The molecule has 0 atom stereocenters. The molecule has 0 amide bonds. The van der Waals surface area contributed by atoms with Gasteiger partial charge in [-0.25, -0.2) is 14.4 Å². The molecular weight excluding hydrogens is 377 g/mol. The Morgan fingerprint density at radius 1 is 1.03 bits per heavy atom. The molecule has 0 saturated heterocycles. The van der Waals surface area contributed by atoms with Gasteiger partial charge in [0.2, 0.25) is 0 Å². The molecule has 0 fully saturated rings. The molecule has 6 heteroatoms. The fraction of sp³-hybridized carbons (Fsp3) is 0.333. The van der Waals surface area contributed by atoms with Crippen LogP contribution in [0.5, 0.6) is 0 Å². The third kappa shape index (κ3) is 4.76. The molecule has 4 rings (SSSR count). The predicted octanol–water partition coefficient (Wildman–Crippen LogP) is 5.05. The predicted molar refractivity (Wildman–Crippen MR) is 117 cm³/mol. The van der Waals surface area contributed by atoms with Crippen molar-refractivity contribution in [1.29, 1.82) is 0 Å². The van der Waals surface area contributed by atoms with Gasteiger partial charge in [0.25, 0.3) is 0 Å². The zero-order valence-electron chi connectivity index (χ0n) is 17.6. The Balaban J connectivity index is 1.56. The van der Waals surface area contributed by atoms with Gasteiger partial charge >= 0.3 is 0 Å². The minimum absolute atomic E-state index is 0.202. The highest BCUT2D eigenvalue weighted by atomic mass is 19.1. The van der Waals surface area contributed by atoms with Crippen LogP contribution >= 0.6 is 0 Å². The number of para-hydroxylation sites is 2. The molecule has 0 spiro atoms. The van der Waals surface area contributed by atoms with E-state index in [0.717, 1.165) is 49.5 Å². The Hall–Kier alpha value is -2.99. The summed E-state index contributed by atoms with van der Waals surface area (Å²) in [6.07, 6.45) is 6.64. The van der Waals surface area contributed by atoms with Crippen molar-refractivity contribution < 1.29 is 4.39 Å². The number of hydrogen-bond acceptors (Lipinski definition) is 3. The SMILES string of the molecule is CC(C)n1c(CN(CCCn2ccnc2)Cc2ccc(F)cc2)nc2ccccc21. The van der Waals surface area contributed by atoms with Gasteiger partial charge in [-0.3, -0.25) is 4.90 Å². The molecule has 2 aromatic heterocycles. The van der Waals surface area contributed by atoms with E-state index in [9.17, 15) is 4.39 Å². The lowest BCUT2D eigenvalue weighted by Crippen LogP contribution is -2.27. The number of benzene rings is 2. The molecule has 2 aromatic carbocycles. The van der Waals surface area contributed by atoms with E-state index in [0.29, 0.717) is 6.04 Å². The average Bonchev–Trinajstić information content (AvgIpc) is 3.36. The van der Waals surface area contributed by atoms with Crippen molar-refractivity contribution >= 4 is 11.0 Å². The van der Waals surface area contributed by atoms with Gasteiger partial charge < -0.3 is 9.13 Å². The number of fused-ring (bicyclic) bond motifs is 1. The Morgan fingerprint density at radius 3 is 2.57 bits per heavy atom. The lowest BCUT2D eigenvalue weighted by molar-refractivity contribution is 0.238. The Morgan fingerprint density at radius 2 is 1.83 bits per heavy atom. The van der Waals surface area contributed by atoms with E-state index in [-0.39, 0.29) is 5.82 Å². The normalized spacial score (nSPS) is 11.8. The minimum Gasteiger partial charge on any atom is -0.337 e. The molecule has 0 aliphatic rings. The first-order valence-corrected chi connectivity index (χ1v) is 10.5. The standard InChI is InChI=1S/C24H28FN5/c1-19(2)30-23-7-4-3-6-22(23)27-24(30)17-29(14-5-13-28-15-12-26-18-28)16-20-8-10-21(25)11-9-20/h3-4,6-12,15,18-19H,5,13-14,16-17H2,1-2H3. The maximum atomic E-state index is 13.4. The molecule has 156 valence electrons. The van der Waals surface area contributed by atoms with Gasteiger partial charge in [-0.1, -0.05) is 24.3 Å². The van der Waals surface area contributed by atoms with Crippen LogP contribution in [0.2, 0.25) is 0 Å². The Labute approximate surface area is 176 Å². The second-order valence-electron chi connectivity index (χ2n) is 7.97. The summed E-state index contributed by atoms with van der Waals surface area (Å²) in [7, 11) is 0. The largest absolute Gasteiger partial charge is 0.337 e. The molecular formula is C24H28FN5. The van der Waals surface area contributed by atoms with Crippen molar-refractivity contribution in [2.45, 2.75) is 45.9 Å². The number of aryl methyl sites for hydroxylation is 1. The van der Waals surface area contributed by atoms with Gasteiger partial charge in [-0.05, 0) is 50.1 Å². The average molecular weight is 406 g/mol. The summed E-state index contributed by atoms with van der Waals surface area (Å²) < 4.78 is 17.8. The summed E-state index contributed by atoms with van der Waals surface area (Å²) in [6, 6.07) is 15.4. The minimum atomic E-state index is -0.202. The zero-order valence-corrected chi connectivity index (χ0v) is 17.6. The quantitative estimate of drug-likeness (QED) is 0.391. The molecule has 0 aliphatic heterocycles. The van der Waals surface area contributed by atoms with Crippen molar-refractivity contribution in [3.8, 4) is 0 Å². The number of imidazole rings is 2. The summed E-state index contributed by atoms with van der Waals surface area (Å²) in [5.41, 5.74) is 3.30. The Bertz CT molecular complexity index is 1070. The van der Waals surface area contributed by atoms with E-state index < -0.39 is 0 Å². The summed E-state index contributed by atoms with van der Waals surface area (Å²) >= 11 is 0. The zero-order chi connectivity index (χ0) is 20.9. The van der Waals surface area contributed by atoms with Gasteiger partial charge in [-0.2, -0.15) is 0 Å². The fourth-order valence-electron chi connectivity index (χ4n) is 3.94. The number of nitrogens with zero attached hydrogens (tertiary/aromatic N) is 5. The first-order valence-electron chi connectivity index (χ1n) is 10.5. The van der Waals surface area contributed by atoms with Crippen LogP contribution in [0.25, 0.3) is 11.0 Å².